The predicted molar refractivity (Wildman–Crippen MR) is 73.4 cm³/mol. The first-order valence-corrected chi connectivity index (χ1v) is 6.37. The van der Waals surface area contributed by atoms with Gasteiger partial charge < -0.3 is 4.74 Å². The van der Waals surface area contributed by atoms with E-state index in [1.165, 1.54) is 12.7 Å². The van der Waals surface area contributed by atoms with Gasteiger partial charge in [-0.1, -0.05) is 36.8 Å². The van der Waals surface area contributed by atoms with E-state index in [0.29, 0.717) is 0 Å². The number of methoxy groups -OCH3 is 1. The molecule has 0 bridgehead atoms. The maximum Gasteiger partial charge on any atom is 0.330 e. The largest absolute Gasteiger partial charge is 0.467 e. The molecule has 0 aromatic heterocycles. The highest BCUT2D eigenvalue weighted by molar-refractivity contribution is 5.82. The summed E-state index contributed by atoms with van der Waals surface area (Å²) in [6.07, 6.45) is 0.957. The van der Waals surface area contributed by atoms with Crippen molar-refractivity contribution in [2.75, 3.05) is 7.11 Å². The fraction of sp³-hybridized carbons (Fsp3) is 0.533. The Bertz CT molecular complexity index is 399. The summed E-state index contributed by atoms with van der Waals surface area (Å²) in [5.41, 5.74) is 1.31. The fourth-order valence-electron chi connectivity index (χ4n) is 1.95. The molecule has 1 aromatic rings. The second-order valence-electron chi connectivity index (χ2n) is 4.94. The molecule has 0 aliphatic heterocycles. The van der Waals surface area contributed by atoms with Crippen LogP contribution in [0.1, 0.15) is 38.3 Å². The van der Waals surface area contributed by atoms with Crippen molar-refractivity contribution in [1.82, 2.24) is 5.32 Å². The van der Waals surface area contributed by atoms with Crippen LogP contribution in [0.4, 0.5) is 0 Å². The summed E-state index contributed by atoms with van der Waals surface area (Å²) in [4.78, 5) is 12.1. The van der Waals surface area contributed by atoms with Gasteiger partial charge in [0.2, 0.25) is 0 Å². The Balaban J connectivity index is 3.11. The zero-order valence-electron chi connectivity index (χ0n) is 11.9. The summed E-state index contributed by atoms with van der Waals surface area (Å²) in [6, 6.07) is 8.21. The molecule has 2 unspecified atom stereocenters. The Morgan fingerprint density at radius 2 is 1.94 bits per heavy atom. The molecule has 0 saturated heterocycles. The fourth-order valence-corrected chi connectivity index (χ4v) is 1.95. The van der Waals surface area contributed by atoms with E-state index in [2.05, 4.69) is 19.2 Å². The smallest absolute Gasteiger partial charge is 0.330 e. The maximum atomic E-state index is 12.1. The molecule has 18 heavy (non-hydrogen) atoms. The van der Waals surface area contributed by atoms with Gasteiger partial charge in [-0.05, 0) is 32.8 Å². The number of esters is 1. The molecule has 0 heterocycles. The van der Waals surface area contributed by atoms with E-state index >= 15 is 0 Å². The number of aryl methyl sites for hydroxylation is 1. The van der Waals surface area contributed by atoms with Crippen molar-refractivity contribution in [3.05, 3.63) is 35.4 Å². The van der Waals surface area contributed by atoms with E-state index in [4.69, 9.17) is 4.74 Å². The lowest BCUT2D eigenvalue weighted by atomic mass is 9.90. The SMILES string of the molecule is CCC(C)NC(C)(C(=O)OC)c1ccc(C)cc1. The molecule has 1 aromatic carbocycles. The third-order valence-corrected chi connectivity index (χ3v) is 3.37. The Labute approximate surface area is 110 Å². The zero-order valence-corrected chi connectivity index (χ0v) is 11.9. The van der Waals surface area contributed by atoms with Crippen LogP contribution in [0.15, 0.2) is 24.3 Å². The van der Waals surface area contributed by atoms with E-state index in [0.717, 1.165) is 12.0 Å². The van der Waals surface area contributed by atoms with Crippen molar-refractivity contribution in [3.63, 3.8) is 0 Å². The molecule has 1 N–H and O–H groups in total. The highest BCUT2D eigenvalue weighted by Crippen LogP contribution is 2.24. The van der Waals surface area contributed by atoms with Crippen LogP contribution in [0.25, 0.3) is 0 Å². The minimum atomic E-state index is -0.794. The molecular weight excluding hydrogens is 226 g/mol. The molecule has 100 valence electrons. The molecule has 0 spiro atoms. The first-order valence-electron chi connectivity index (χ1n) is 6.37. The molecule has 2 atom stereocenters. The Morgan fingerprint density at radius 1 is 1.39 bits per heavy atom. The minimum absolute atomic E-state index is 0.246. The summed E-state index contributed by atoms with van der Waals surface area (Å²) < 4.78 is 4.94. The van der Waals surface area contributed by atoms with Crippen molar-refractivity contribution < 1.29 is 9.53 Å². The molecule has 0 aliphatic carbocycles. The first-order chi connectivity index (χ1) is 8.43. The van der Waals surface area contributed by atoms with Gasteiger partial charge in [-0.25, -0.2) is 4.79 Å². The van der Waals surface area contributed by atoms with E-state index in [1.54, 1.807) is 0 Å². The lowest BCUT2D eigenvalue weighted by Crippen LogP contribution is -2.50. The molecule has 0 amide bonds. The van der Waals surface area contributed by atoms with Crippen molar-refractivity contribution in [2.45, 2.75) is 45.7 Å². The number of carbonyl (C=O) groups is 1. The van der Waals surface area contributed by atoms with Crippen LogP contribution < -0.4 is 5.32 Å². The van der Waals surface area contributed by atoms with Crippen LogP contribution in [0, 0.1) is 6.92 Å². The Hall–Kier alpha value is -1.35. The molecule has 1 rings (SSSR count). The van der Waals surface area contributed by atoms with Gasteiger partial charge >= 0.3 is 5.97 Å². The van der Waals surface area contributed by atoms with Crippen molar-refractivity contribution in [1.29, 1.82) is 0 Å². The highest BCUT2D eigenvalue weighted by atomic mass is 16.5. The Kier molecular flexibility index (Phi) is 4.91. The van der Waals surface area contributed by atoms with Gasteiger partial charge in [-0.3, -0.25) is 5.32 Å². The van der Waals surface area contributed by atoms with Gasteiger partial charge in [-0.15, -0.1) is 0 Å². The van der Waals surface area contributed by atoms with Crippen LogP contribution in [0.3, 0.4) is 0 Å². The number of hydrogen-bond donors (Lipinski definition) is 1. The second-order valence-corrected chi connectivity index (χ2v) is 4.94. The average molecular weight is 249 g/mol. The maximum absolute atomic E-state index is 12.1. The number of rotatable bonds is 5. The lowest BCUT2D eigenvalue weighted by Gasteiger charge is -2.31. The molecule has 0 aliphatic rings. The summed E-state index contributed by atoms with van der Waals surface area (Å²) in [7, 11) is 1.42. The van der Waals surface area contributed by atoms with Crippen molar-refractivity contribution >= 4 is 5.97 Å². The van der Waals surface area contributed by atoms with Crippen LogP contribution in [0.2, 0.25) is 0 Å². The molecule has 0 fully saturated rings. The van der Waals surface area contributed by atoms with Gasteiger partial charge in [0.05, 0.1) is 7.11 Å². The van der Waals surface area contributed by atoms with Crippen molar-refractivity contribution in [2.24, 2.45) is 0 Å². The molecule has 3 heteroatoms. The van der Waals surface area contributed by atoms with Gasteiger partial charge in [0.25, 0.3) is 0 Å². The summed E-state index contributed by atoms with van der Waals surface area (Å²) in [5, 5.41) is 3.35. The van der Waals surface area contributed by atoms with Gasteiger partial charge in [0.15, 0.2) is 0 Å². The highest BCUT2D eigenvalue weighted by Gasteiger charge is 2.36. The van der Waals surface area contributed by atoms with Gasteiger partial charge in [0.1, 0.15) is 5.54 Å². The average Bonchev–Trinajstić information content (AvgIpc) is 2.38. The van der Waals surface area contributed by atoms with Crippen LogP contribution in [-0.2, 0) is 15.1 Å². The third-order valence-electron chi connectivity index (χ3n) is 3.37. The minimum Gasteiger partial charge on any atom is -0.467 e. The van der Waals surface area contributed by atoms with Gasteiger partial charge in [-0.2, -0.15) is 0 Å². The molecule has 3 nitrogen and oxygen atoms in total. The standard InChI is InChI=1S/C15H23NO2/c1-6-12(3)16-15(4,14(17)18-5)13-9-7-11(2)8-10-13/h7-10,12,16H,6H2,1-5H3. The number of nitrogens with one attached hydrogen (secondary N) is 1. The molecule has 0 saturated carbocycles. The Morgan fingerprint density at radius 3 is 2.39 bits per heavy atom. The number of ether oxygens (including phenoxy) is 1. The van der Waals surface area contributed by atoms with E-state index in [9.17, 15) is 4.79 Å². The van der Waals surface area contributed by atoms with Crippen LogP contribution in [0.5, 0.6) is 0 Å². The lowest BCUT2D eigenvalue weighted by molar-refractivity contribution is -0.148. The quantitative estimate of drug-likeness (QED) is 0.815. The second kappa shape index (κ2) is 6.01. The molecular formula is C15H23NO2. The number of hydrogen-bond acceptors (Lipinski definition) is 3. The molecule has 0 radical (unpaired) electrons. The zero-order chi connectivity index (χ0) is 13.8. The number of carbonyl (C=O) groups excluding carboxylic acids is 1. The first kappa shape index (κ1) is 14.7. The summed E-state index contributed by atoms with van der Waals surface area (Å²) >= 11 is 0. The third kappa shape index (κ3) is 3.10. The van der Waals surface area contributed by atoms with Crippen molar-refractivity contribution in [3.8, 4) is 0 Å². The number of benzene rings is 1. The summed E-state index contributed by atoms with van der Waals surface area (Å²) in [6.45, 7) is 8.05. The van der Waals surface area contributed by atoms with E-state index < -0.39 is 5.54 Å². The van der Waals surface area contributed by atoms with E-state index in [-0.39, 0.29) is 12.0 Å². The summed E-state index contributed by atoms with van der Waals surface area (Å²) in [5.74, 6) is -0.258. The van der Waals surface area contributed by atoms with Crippen LogP contribution in [-0.4, -0.2) is 19.1 Å². The normalized spacial score (nSPS) is 15.8. The van der Waals surface area contributed by atoms with E-state index in [1.807, 2.05) is 38.1 Å². The van der Waals surface area contributed by atoms with Gasteiger partial charge in [0, 0.05) is 6.04 Å². The topological polar surface area (TPSA) is 38.3 Å². The monoisotopic (exact) mass is 249 g/mol. The van der Waals surface area contributed by atoms with Crippen LogP contribution >= 0.6 is 0 Å². The predicted octanol–water partition coefficient (Wildman–Crippen LogP) is 2.77.